The lowest BCUT2D eigenvalue weighted by atomic mass is 10.2. The van der Waals surface area contributed by atoms with Crippen molar-refractivity contribution >= 4 is 17.5 Å². The lowest BCUT2D eigenvalue weighted by molar-refractivity contribution is -0.126. The van der Waals surface area contributed by atoms with E-state index in [2.05, 4.69) is 10.6 Å². The van der Waals surface area contributed by atoms with Crippen LogP contribution >= 0.6 is 0 Å². The average molecular weight is 409 g/mol. The van der Waals surface area contributed by atoms with Crippen LogP contribution in [-0.2, 0) is 16.1 Å². The molecule has 0 unspecified atom stereocenters. The third-order valence-electron chi connectivity index (χ3n) is 4.37. The van der Waals surface area contributed by atoms with Gasteiger partial charge in [0.1, 0.15) is 5.75 Å². The highest BCUT2D eigenvalue weighted by Gasteiger charge is 2.21. The SMILES string of the molecule is COc1ccc(CNC(=O)[C@@H](C)N(C)CC(=O)Nc2ccc(F)c(F)c2F)cc1. The summed E-state index contributed by atoms with van der Waals surface area (Å²) in [5.41, 5.74) is 0.402. The number of likely N-dealkylation sites (N-methyl/N-ethyl adjacent to an activating group) is 1. The van der Waals surface area contributed by atoms with Gasteiger partial charge in [-0.1, -0.05) is 12.1 Å². The quantitative estimate of drug-likeness (QED) is 0.658. The van der Waals surface area contributed by atoms with E-state index in [4.69, 9.17) is 4.74 Å². The van der Waals surface area contributed by atoms with Crippen LogP contribution in [0.4, 0.5) is 18.9 Å². The molecule has 2 rings (SSSR count). The molecule has 2 aromatic rings. The van der Waals surface area contributed by atoms with Gasteiger partial charge >= 0.3 is 0 Å². The number of amides is 2. The first-order chi connectivity index (χ1) is 13.7. The van der Waals surface area contributed by atoms with Crippen molar-refractivity contribution in [1.82, 2.24) is 10.2 Å². The Bertz CT molecular complexity index is 875. The number of hydrogen-bond acceptors (Lipinski definition) is 4. The zero-order valence-corrected chi connectivity index (χ0v) is 16.3. The summed E-state index contributed by atoms with van der Waals surface area (Å²) in [6.45, 7) is 1.65. The highest BCUT2D eigenvalue weighted by molar-refractivity contribution is 5.93. The lowest BCUT2D eigenvalue weighted by Crippen LogP contribution is -2.45. The van der Waals surface area contributed by atoms with Crippen LogP contribution in [0, 0.1) is 17.5 Å². The van der Waals surface area contributed by atoms with E-state index in [1.807, 2.05) is 12.1 Å². The van der Waals surface area contributed by atoms with Gasteiger partial charge in [0.05, 0.1) is 25.4 Å². The van der Waals surface area contributed by atoms with Crippen LogP contribution in [0.15, 0.2) is 36.4 Å². The minimum atomic E-state index is -1.66. The number of nitrogens with one attached hydrogen (secondary N) is 2. The number of ether oxygens (including phenoxy) is 1. The smallest absolute Gasteiger partial charge is 0.238 e. The van der Waals surface area contributed by atoms with Gasteiger partial charge in [-0.15, -0.1) is 0 Å². The molecule has 0 fully saturated rings. The van der Waals surface area contributed by atoms with Gasteiger partial charge in [-0.2, -0.15) is 0 Å². The molecule has 0 bridgehead atoms. The number of hydrogen-bond donors (Lipinski definition) is 2. The van der Waals surface area contributed by atoms with E-state index in [-0.39, 0.29) is 12.5 Å². The molecule has 0 radical (unpaired) electrons. The molecule has 0 aromatic heterocycles. The number of methoxy groups -OCH3 is 1. The summed E-state index contributed by atoms with van der Waals surface area (Å²) in [5.74, 6) is -4.77. The fourth-order valence-corrected chi connectivity index (χ4v) is 2.46. The van der Waals surface area contributed by atoms with Gasteiger partial charge in [-0.05, 0) is 43.8 Å². The molecule has 9 heteroatoms. The minimum absolute atomic E-state index is 0.254. The van der Waals surface area contributed by atoms with Gasteiger partial charge in [0, 0.05) is 6.54 Å². The van der Waals surface area contributed by atoms with Gasteiger partial charge in [0.15, 0.2) is 17.5 Å². The van der Waals surface area contributed by atoms with Crippen molar-refractivity contribution in [3.63, 3.8) is 0 Å². The second-order valence-electron chi connectivity index (χ2n) is 6.43. The van der Waals surface area contributed by atoms with Crippen LogP contribution in [0.3, 0.4) is 0 Å². The largest absolute Gasteiger partial charge is 0.497 e. The number of anilines is 1. The van der Waals surface area contributed by atoms with Gasteiger partial charge in [0.2, 0.25) is 11.8 Å². The molecule has 2 amide bonds. The van der Waals surface area contributed by atoms with Gasteiger partial charge in [0.25, 0.3) is 0 Å². The second kappa shape index (κ2) is 9.92. The summed E-state index contributed by atoms with van der Waals surface area (Å²) in [6, 6.07) is 8.17. The molecule has 29 heavy (non-hydrogen) atoms. The Morgan fingerprint density at radius 1 is 1.07 bits per heavy atom. The summed E-state index contributed by atoms with van der Waals surface area (Å²) >= 11 is 0. The van der Waals surface area contributed by atoms with Crippen molar-refractivity contribution in [3.8, 4) is 5.75 Å². The normalized spacial score (nSPS) is 11.8. The van der Waals surface area contributed by atoms with Crippen molar-refractivity contribution in [2.24, 2.45) is 0 Å². The summed E-state index contributed by atoms with van der Waals surface area (Å²) < 4.78 is 44.9. The molecule has 0 aliphatic carbocycles. The topological polar surface area (TPSA) is 70.7 Å². The van der Waals surface area contributed by atoms with Crippen LogP contribution in [0.1, 0.15) is 12.5 Å². The highest BCUT2D eigenvalue weighted by Crippen LogP contribution is 2.19. The first-order valence-corrected chi connectivity index (χ1v) is 8.77. The third-order valence-corrected chi connectivity index (χ3v) is 4.37. The number of carbonyl (C=O) groups excluding carboxylic acids is 2. The fraction of sp³-hybridized carbons (Fsp3) is 0.300. The van der Waals surface area contributed by atoms with Gasteiger partial charge in [-0.25, -0.2) is 13.2 Å². The zero-order chi connectivity index (χ0) is 21.6. The van der Waals surface area contributed by atoms with E-state index >= 15 is 0 Å². The summed E-state index contributed by atoms with van der Waals surface area (Å²) in [5, 5.41) is 4.92. The van der Waals surface area contributed by atoms with E-state index in [1.54, 1.807) is 33.2 Å². The molecule has 0 saturated heterocycles. The number of rotatable bonds is 8. The molecule has 1 atom stereocenters. The Labute approximate surface area is 166 Å². The molecule has 0 aliphatic heterocycles. The van der Waals surface area contributed by atoms with Crippen molar-refractivity contribution in [3.05, 3.63) is 59.4 Å². The van der Waals surface area contributed by atoms with Crippen molar-refractivity contribution in [2.45, 2.75) is 19.5 Å². The maximum Gasteiger partial charge on any atom is 0.238 e. The van der Waals surface area contributed by atoms with Crippen molar-refractivity contribution in [1.29, 1.82) is 0 Å². The predicted molar refractivity (Wildman–Crippen MR) is 102 cm³/mol. The third kappa shape index (κ3) is 5.95. The predicted octanol–water partition coefficient (Wildman–Crippen LogP) is 2.69. The van der Waals surface area contributed by atoms with E-state index < -0.39 is 35.1 Å². The highest BCUT2D eigenvalue weighted by atomic mass is 19.2. The Hall–Kier alpha value is -3.07. The number of benzene rings is 2. The summed E-state index contributed by atoms with van der Waals surface area (Å²) in [7, 11) is 3.10. The number of nitrogens with zero attached hydrogens (tertiary/aromatic N) is 1. The Balaban J connectivity index is 1.86. The van der Waals surface area contributed by atoms with E-state index in [9.17, 15) is 22.8 Å². The molecule has 0 saturated carbocycles. The molecular weight excluding hydrogens is 387 g/mol. The molecule has 0 aliphatic rings. The van der Waals surface area contributed by atoms with Crippen molar-refractivity contribution in [2.75, 3.05) is 26.0 Å². The first-order valence-electron chi connectivity index (χ1n) is 8.77. The number of halogens is 3. The number of carbonyl (C=O) groups is 2. The summed E-state index contributed by atoms with van der Waals surface area (Å²) in [4.78, 5) is 25.8. The molecule has 6 nitrogen and oxygen atoms in total. The maximum atomic E-state index is 13.6. The van der Waals surface area contributed by atoms with Crippen LogP contribution in [0.25, 0.3) is 0 Å². The van der Waals surface area contributed by atoms with Crippen LogP contribution in [0.2, 0.25) is 0 Å². The van der Waals surface area contributed by atoms with Gasteiger partial charge < -0.3 is 15.4 Å². The Morgan fingerprint density at radius 3 is 2.34 bits per heavy atom. The molecule has 2 aromatic carbocycles. The molecular formula is C20H22F3N3O3. The summed E-state index contributed by atoms with van der Waals surface area (Å²) in [6.07, 6.45) is 0. The zero-order valence-electron chi connectivity index (χ0n) is 16.3. The van der Waals surface area contributed by atoms with Crippen LogP contribution in [0.5, 0.6) is 5.75 Å². The van der Waals surface area contributed by atoms with Crippen LogP contribution < -0.4 is 15.4 Å². The van der Waals surface area contributed by atoms with E-state index in [1.165, 1.54) is 4.90 Å². The van der Waals surface area contributed by atoms with Gasteiger partial charge in [-0.3, -0.25) is 14.5 Å². The fourth-order valence-electron chi connectivity index (χ4n) is 2.46. The monoisotopic (exact) mass is 409 g/mol. The van der Waals surface area contributed by atoms with E-state index in [0.29, 0.717) is 18.4 Å². The van der Waals surface area contributed by atoms with E-state index in [0.717, 1.165) is 11.6 Å². The standard InChI is InChI=1S/C20H22F3N3O3/c1-12(20(28)24-10-13-4-6-14(29-3)7-5-13)26(2)11-17(27)25-16-9-8-15(21)18(22)19(16)23/h4-9,12H,10-11H2,1-3H3,(H,24,28)(H,25,27)/t12-/m1/s1. The molecule has 0 heterocycles. The minimum Gasteiger partial charge on any atom is -0.497 e. The molecule has 0 spiro atoms. The average Bonchev–Trinajstić information content (AvgIpc) is 2.72. The molecule has 156 valence electrons. The molecule has 2 N–H and O–H groups in total. The maximum absolute atomic E-state index is 13.6. The van der Waals surface area contributed by atoms with Crippen molar-refractivity contribution < 1.29 is 27.5 Å². The Kier molecular flexibility index (Phi) is 7.60. The second-order valence-corrected chi connectivity index (χ2v) is 6.43. The first kappa shape index (κ1) is 22.2. The lowest BCUT2D eigenvalue weighted by Gasteiger charge is -2.23. The Morgan fingerprint density at radius 2 is 1.72 bits per heavy atom. The van der Waals surface area contributed by atoms with Crippen LogP contribution in [-0.4, -0.2) is 43.5 Å².